The molecule has 1 aromatic carbocycles. The molecule has 1 amide bonds. The molecule has 20 heavy (non-hydrogen) atoms. The van der Waals surface area contributed by atoms with Gasteiger partial charge in [-0.15, -0.1) is 0 Å². The quantitative estimate of drug-likeness (QED) is 0.844. The number of ether oxygens (including phenoxy) is 1. The van der Waals surface area contributed by atoms with Crippen LogP contribution in [0.5, 0.6) is 0 Å². The van der Waals surface area contributed by atoms with Crippen molar-refractivity contribution >= 4 is 5.91 Å². The van der Waals surface area contributed by atoms with Crippen LogP contribution in [0.15, 0.2) is 30.3 Å². The van der Waals surface area contributed by atoms with Gasteiger partial charge < -0.3 is 19.8 Å². The lowest BCUT2D eigenvalue weighted by atomic mass is 9.91. The smallest absolute Gasteiger partial charge is 0.248 e. The lowest BCUT2D eigenvalue weighted by molar-refractivity contribution is -0.150. The minimum absolute atomic E-state index is 0.0102. The lowest BCUT2D eigenvalue weighted by Crippen LogP contribution is -2.55. The fraction of sp³-hybridized carbons (Fsp3) is 0.533. The first-order chi connectivity index (χ1) is 9.49. The predicted molar refractivity (Wildman–Crippen MR) is 73.9 cm³/mol. The first-order valence-corrected chi connectivity index (χ1v) is 6.79. The van der Waals surface area contributed by atoms with Crippen LogP contribution in [0.25, 0.3) is 0 Å². The van der Waals surface area contributed by atoms with E-state index < -0.39 is 11.7 Å². The Morgan fingerprint density at radius 3 is 2.80 bits per heavy atom. The van der Waals surface area contributed by atoms with Crippen LogP contribution in [0.1, 0.15) is 18.9 Å². The maximum absolute atomic E-state index is 12.0. The molecule has 5 heteroatoms. The van der Waals surface area contributed by atoms with Gasteiger partial charge in [0, 0.05) is 13.1 Å². The van der Waals surface area contributed by atoms with Gasteiger partial charge in [-0.2, -0.15) is 0 Å². The van der Waals surface area contributed by atoms with Crippen molar-refractivity contribution in [3.05, 3.63) is 35.9 Å². The van der Waals surface area contributed by atoms with Crippen LogP contribution in [-0.2, 0) is 16.1 Å². The fourth-order valence-corrected chi connectivity index (χ4v) is 2.17. The van der Waals surface area contributed by atoms with E-state index in [0.717, 1.165) is 5.56 Å². The molecule has 2 atom stereocenters. The fourth-order valence-electron chi connectivity index (χ4n) is 2.17. The molecule has 2 rings (SSSR count). The predicted octanol–water partition coefficient (Wildman–Crippen LogP) is 0.547. The van der Waals surface area contributed by atoms with Gasteiger partial charge in [-0.3, -0.25) is 4.79 Å². The van der Waals surface area contributed by atoms with Crippen LogP contribution in [0.4, 0.5) is 0 Å². The van der Waals surface area contributed by atoms with E-state index in [1.54, 1.807) is 6.92 Å². The number of amides is 1. The number of nitrogens with zero attached hydrogens (tertiary/aromatic N) is 1. The molecule has 0 spiro atoms. The van der Waals surface area contributed by atoms with E-state index in [1.165, 1.54) is 4.90 Å². The molecule has 2 N–H and O–H groups in total. The molecule has 0 radical (unpaired) electrons. The number of carbonyl (C=O) groups excluding carboxylic acids is 1. The number of rotatable bonds is 4. The number of likely N-dealkylation sites (tertiary alicyclic amines) is 1. The van der Waals surface area contributed by atoms with Crippen molar-refractivity contribution in [2.45, 2.75) is 31.7 Å². The van der Waals surface area contributed by atoms with Gasteiger partial charge in [-0.05, 0) is 18.9 Å². The van der Waals surface area contributed by atoms with Crippen LogP contribution in [0.3, 0.4) is 0 Å². The summed E-state index contributed by atoms with van der Waals surface area (Å²) in [7, 11) is 0. The highest BCUT2D eigenvalue weighted by atomic mass is 16.5. The van der Waals surface area contributed by atoms with Gasteiger partial charge in [0.15, 0.2) is 0 Å². The molecule has 0 aromatic heterocycles. The first-order valence-electron chi connectivity index (χ1n) is 6.79. The van der Waals surface area contributed by atoms with Gasteiger partial charge in [0.05, 0.1) is 18.3 Å². The van der Waals surface area contributed by atoms with Crippen molar-refractivity contribution in [2.75, 3.05) is 19.7 Å². The average Bonchev–Trinajstić information content (AvgIpc) is 2.43. The summed E-state index contributed by atoms with van der Waals surface area (Å²) in [6.07, 6.45) is -0.534. The Kier molecular flexibility index (Phi) is 4.75. The van der Waals surface area contributed by atoms with E-state index in [2.05, 4.69) is 0 Å². The van der Waals surface area contributed by atoms with E-state index in [1.807, 2.05) is 30.3 Å². The second-order valence-corrected chi connectivity index (χ2v) is 5.44. The molecule has 0 unspecified atom stereocenters. The Bertz CT molecular complexity index is 446. The zero-order chi connectivity index (χ0) is 14.6. The van der Waals surface area contributed by atoms with E-state index in [-0.39, 0.29) is 19.1 Å². The standard InChI is InChI=1S/C15H21NO4/c1-15(19)7-8-16(9-13(15)17)14(18)11-20-10-12-5-3-2-4-6-12/h2-6,13,17,19H,7-11H2,1H3/t13-,15-/m1/s1. The van der Waals surface area contributed by atoms with Crippen LogP contribution in [-0.4, -0.2) is 52.4 Å². The minimum Gasteiger partial charge on any atom is -0.388 e. The third-order valence-corrected chi connectivity index (χ3v) is 3.69. The second-order valence-electron chi connectivity index (χ2n) is 5.44. The maximum atomic E-state index is 12.0. The van der Waals surface area contributed by atoms with Gasteiger partial charge in [-0.25, -0.2) is 0 Å². The molecule has 110 valence electrons. The topological polar surface area (TPSA) is 70.0 Å². The molecule has 5 nitrogen and oxygen atoms in total. The minimum atomic E-state index is -1.11. The lowest BCUT2D eigenvalue weighted by Gasteiger charge is -2.39. The third kappa shape index (κ3) is 3.79. The van der Waals surface area contributed by atoms with Crippen molar-refractivity contribution in [3.8, 4) is 0 Å². The molecule has 0 aliphatic carbocycles. The highest BCUT2D eigenvalue weighted by Gasteiger charge is 2.37. The van der Waals surface area contributed by atoms with Gasteiger partial charge in [0.25, 0.3) is 0 Å². The van der Waals surface area contributed by atoms with Crippen molar-refractivity contribution in [1.82, 2.24) is 4.90 Å². The van der Waals surface area contributed by atoms with Crippen LogP contribution in [0, 0.1) is 0 Å². The Labute approximate surface area is 118 Å². The van der Waals surface area contributed by atoms with Crippen molar-refractivity contribution in [3.63, 3.8) is 0 Å². The molecule has 1 aliphatic heterocycles. The number of hydrogen-bond acceptors (Lipinski definition) is 4. The largest absolute Gasteiger partial charge is 0.388 e. The Morgan fingerprint density at radius 1 is 1.45 bits per heavy atom. The maximum Gasteiger partial charge on any atom is 0.248 e. The van der Waals surface area contributed by atoms with Gasteiger partial charge >= 0.3 is 0 Å². The molecular formula is C15H21NO4. The molecule has 1 aromatic rings. The second kappa shape index (κ2) is 6.35. The zero-order valence-corrected chi connectivity index (χ0v) is 11.7. The molecule has 1 aliphatic rings. The summed E-state index contributed by atoms with van der Waals surface area (Å²) in [5.41, 5.74) is -0.0938. The third-order valence-electron chi connectivity index (χ3n) is 3.69. The summed E-state index contributed by atoms with van der Waals surface area (Å²) >= 11 is 0. The normalized spacial score (nSPS) is 26.6. The van der Waals surface area contributed by atoms with Crippen LogP contribution in [0.2, 0.25) is 0 Å². The molecule has 0 saturated carbocycles. The van der Waals surface area contributed by atoms with E-state index in [0.29, 0.717) is 19.6 Å². The number of β-amino-alcohol motifs (C(OH)–C–C–N with tert-alkyl or cyclic N) is 1. The number of piperidine rings is 1. The van der Waals surface area contributed by atoms with E-state index in [4.69, 9.17) is 4.74 Å². The van der Waals surface area contributed by atoms with Crippen LogP contribution >= 0.6 is 0 Å². The SMILES string of the molecule is C[C@@]1(O)CCN(C(=O)COCc2ccccc2)C[C@H]1O. The van der Waals surface area contributed by atoms with Crippen LogP contribution < -0.4 is 0 Å². The summed E-state index contributed by atoms with van der Waals surface area (Å²) in [5.74, 6) is -0.157. The van der Waals surface area contributed by atoms with Gasteiger partial charge in [-0.1, -0.05) is 30.3 Å². The molecule has 0 bridgehead atoms. The summed E-state index contributed by atoms with van der Waals surface area (Å²) in [4.78, 5) is 13.5. The van der Waals surface area contributed by atoms with Gasteiger partial charge in [0.2, 0.25) is 5.91 Å². The first kappa shape index (κ1) is 15.0. The Morgan fingerprint density at radius 2 is 2.15 bits per heavy atom. The number of aliphatic hydroxyl groups excluding tert-OH is 1. The Hall–Kier alpha value is -1.43. The average molecular weight is 279 g/mol. The Balaban J connectivity index is 1.76. The van der Waals surface area contributed by atoms with Gasteiger partial charge in [0.1, 0.15) is 6.61 Å². The molecular weight excluding hydrogens is 258 g/mol. The van der Waals surface area contributed by atoms with E-state index in [9.17, 15) is 15.0 Å². The number of hydrogen-bond donors (Lipinski definition) is 2. The monoisotopic (exact) mass is 279 g/mol. The number of aliphatic hydroxyl groups is 2. The summed E-state index contributed by atoms with van der Waals surface area (Å²) < 4.78 is 5.39. The highest BCUT2D eigenvalue weighted by Crippen LogP contribution is 2.21. The highest BCUT2D eigenvalue weighted by molar-refractivity contribution is 5.77. The number of carbonyl (C=O) groups is 1. The summed E-state index contributed by atoms with van der Waals surface area (Å²) in [5, 5.41) is 19.6. The van der Waals surface area contributed by atoms with Crippen molar-refractivity contribution in [1.29, 1.82) is 0 Å². The molecule has 1 heterocycles. The zero-order valence-electron chi connectivity index (χ0n) is 11.7. The van der Waals surface area contributed by atoms with Crippen molar-refractivity contribution in [2.24, 2.45) is 0 Å². The number of benzene rings is 1. The molecule has 1 saturated heterocycles. The summed E-state index contributed by atoms with van der Waals surface area (Å²) in [6, 6.07) is 9.64. The van der Waals surface area contributed by atoms with E-state index >= 15 is 0 Å². The van der Waals surface area contributed by atoms with Crippen molar-refractivity contribution < 1.29 is 19.7 Å². The molecule has 1 fully saturated rings. The summed E-state index contributed by atoms with van der Waals surface area (Å²) in [6.45, 7) is 2.56.